The highest BCUT2D eigenvalue weighted by Crippen LogP contribution is 2.25. The van der Waals surface area contributed by atoms with Gasteiger partial charge in [-0.3, -0.25) is 0 Å². The Morgan fingerprint density at radius 1 is 1.53 bits per heavy atom. The third-order valence-corrected chi connectivity index (χ3v) is 3.85. The lowest BCUT2D eigenvalue weighted by atomic mass is 10.0. The van der Waals surface area contributed by atoms with Crippen molar-refractivity contribution in [2.75, 3.05) is 12.3 Å². The normalized spacial score (nSPS) is 12.6. The van der Waals surface area contributed by atoms with Crippen LogP contribution in [0.1, 0.15) is 29.2 Å². The highest BCUT2D eigenvalue weighted by atomic mass is 35.5. The highest BCUT2D eigenvalue weighted by molar-refractivity contribution is 7.09. The van der Waals surface area contributed by atoms with Crippen molar-refractivity contribution >= 4 is 28.8 Å². The molecule has 4 nitrogen and oxygen atoms in total. The molecule has 6 heteroatoms. The summed E-state index contributed by atoms with van der Waals surface area (Å²) in [6, 6.07) is 1.95. The lowest BCUT2D eigenvalue weighted by Crippen LogP contribution is -2.24. The van der Waals surface area contributed by atoms with Gasteiger partial charge in [-0.05, 0) is 19.5 Å². The van der Waals surface area contributed by atoms with Crippen molar-refractivity contribution in [3.63, 3.8) is 0 Å². The Balaban J connectivity index is 2.26. The maximum absolute atomic E-state index is 6.01. The zero-order valence-corrected chi connectivity index (χ0v) is 12.6. The molecule has 0 saturated heterocycles. The van der Waals surface area contributed by atoms with Crippen LogP contribution in [0.4, 0.5) is 5.82 Å². The first-order chi connectivity index (χ1) is 9.10. The molecule has 2 heterocycles. The Hall–Kier alpha value is -1.17. The number of rotatable bonds is 5. The summed E-state index contributed by atoms with van der Waals surface area (Å²) in [5.41, 5.74) is 7.95. The van der Waals surface area contributed by atoms with Gasteiger partial charge < -0.3 is 11.1 Å². The van der Waals surface area contributed by atoms with Crippen LogP contribution in [0.5, 0.6) is 0 Å². The molecule has 0 radical (unpaired) electrons. The van der Waals surface area contributed by atoms with E-state index < -0.39 is 0 Å². The van der Waals surface area contributed by atoms with E-state index in [1.807, 2.05) is 13.0 Å². The fraction of sp³-hybridized carbons (Fsp3) is 0.385. The molecule has 3 N–H and O–H groups in total. The maximum Gasteiger partial charge on any atom is 0.128 e. The summed E-state index contributed by atoms with van der Waals surface area (Å²) in [4.78, 5) is 8.61. The van der Waals surface area contributed by atoms with Gasteiger partial charge in [0, 0.05) is 29.6 Å². The number of likely N-dealkylation sites (N-methyl/N-ethyl adjacent to an activating group) is 1. The van der Waals surface area contributed by atoms with E-state index in [1.54, 1.807) is 17.5 Å². The van der Waals surface area contributed by atoms with Gasteiger partial charge >= 0.3 is 0 Å². The van der Waals surface area contributed by atoms with E-state index in [2.05, 4.69) is 27.6 Å². The van der Waals surface area contributed by atoms with Crippen LogP contribution >= 0.6 is 22.9 Å². The standard InChI is InChI=1S/C13H17ClN4S/c1-3-16-12(5-10-7-19-8(2)18-10)11-4-9(14)6-17-13(11)15/h4,6-7,12,16H,3,5H2,1-2H3,(H2,15,17). The summed E-state index contributed by atoms with van der Waals surface area (Å²) in [7, 11) is 0. The molecule has 0 aliphatic carbocycles. The maximum atomic E-state index is 6.01. The lowest BCUT2D eigenvalue weighted by molar-refractivity contribution is 0.545. The molecule has 0 aliphatic rings. The fourth-order valence-electron chi connectivity index (χ4n) is 1.99. The monoisotopic (exact) mass is 296 g/mol. The van der Waals surface area contributed by atoms with Crippen LogP contribution < -0.4 is 11.1 Å². The van der Waals surface area contributed by atoms with E-state index in [0.29, 0.717) is 10.8 Å². The second-order valence-electron chi connectivity index (χ2n) is 4.30. The summed E-state index contributed by atoms with van der Waals surface area (Å²) in [6.45, 7) is 4.92. The molecular weight excluding hydrogens is 280 g/mol. The van der Waals surface area contributed by atoms with Crippen molar-refractivity contribution in [2.45, 2.75) is 26.3 Å². The van der Waals surface area contributed by atoms with Crippen LogP contribution in [0.2, 0.25) is 5.02 Å². The zero-order valence-electron chi connectivity index (χ0n) is 11.0. The summed E-state index contributed by atoms with van der Waals surface area (Å²) < 4.78 is 0. The Morgan fingerprint density at radius 2 is 2.32 bits per heavy atom. The van der Waals surface area contributed by atoms with Crippen molar-refractivity contribution in [3.8, 4) is 0 Å². The van der Waals surface area contributed by atoms with Gasteiger partial charge in [0.05, 0.1) is 15.7 Å². The van der Waals surface area contributed by atoms with Crippen molar-refractivity contribution in [3.05, 3.63) is 38.9 Å². The zero-order chi connectivity index (χ0) is 13.8. The molecule has 2 aromatic heterocycles. The highest BCUT2D eigenvalue weighted by Gasteiger charge is 2.16. The molecule has 1 unspecified atom stereocenters. The largest absolute Gasteiger partial charge is 0.383 e. The van der Waals surface area contributed by atoms with Crippen molar-refractivity contribution in [1.29, 1.82) is 0 Å². The van der Waals surface area contributed by atoms with Crippen molar-refractivity contribution < 1.29 is 0 Å². The predicted molar refractivity (Wildman–Crippen MR) is 80.6 cm³/mol. The number of hydrogen-bond acceptors (Lipinski definition) is 5. The van der Waals surface area contributed by atoms with E-state index in [1.165, 1.54) is 0 Å². The number of thiazole rings is 1. The molecule has 0 amide bonds. The van der Waals surface area contributed by atoms with Gasteiger partial charge in [0.25, 0.3) is 0 Å². The molecule has 0 bridgehead atoms. The molecule has 2 aromatic rings. The van der Waals surface area contributed by atoms with Crippen LogP contribution in [-0.2, 0) is 6.42 Å². The summed E-state index contributed by atoms with van der Waals surface area (Å²) in [5, 5.41) is 7.16. The van der Waals surface area contributed by atoms with Gasteiger partial charge in [0.2, 0.25) is 0 Å². The topological polar surface area (TPSA) is 63.8 Å². The number of nitrogens with one attached hydrogen (secondary N) is 1. The molecule has 0 aliphatic heterocycles. The minimum absolute atomic E-state index is 0.0812. The fourth-order valence-corrected chi connectivity index (χ4v) is 2.79. The number of pyridine rings is 1. The minimum Gasteiger partial charge on any atom is -0.383 e. The molecule has 0 aromatic carbocycles. The molecule has 0 fully saturated rings. The van der Waals surface area contributed by atoms with Crippen LogP contribution in [0, 0.1) is 6.92 Å². The summed E-state index contributed by atoms with van der Waals surface area (Å²) in [6.07, 6.45) is 2.35. The third-order valence-electron chi connectivity index (χ3n) is 2.82. The second-order valence-corrected chi connectivity index (χ2v) is 5.80. The number of halogens is 1. The first kappa shape index (κ1) is 14.2. The van der Waals surface area contributed by atoms with E-state index in [4.69, 9.17) is 17.3 Å². The van der Waals surface area contributed by atoms with E-state index >= 15 is 0 Å². The number of aryl methyl sites for hydroxylation is 1. The van der Waals surface area contributed by atoms with Crippen molar-refractivity contribution in [1.82, 2.24) is 15.3 Å². The van der Waals surface area contributed by atoms with Crippen LogP contribution in [-0.4, -0.2) is 16.5 Å². The van der Waals surface area contributed by atoms with Gasteiger partial charge in [-0.15, -0.1) is 11.3 Å². The quantitative estimate of drug-likeness (QED) is 0.890. The summed E-state index contributed by atoms with van der Waals surface area (Å²) in [5.74, 6) is 0.516. The van der Waals surface area contributed by atoms with E-state index in [-0.39, 0.29) is 6.04 Å². The smallest absolute Gasteiger partial charge is 0.128 e. The molecule has 2 rings (SSSR count). The average Bonchev–Trinajstić information content (AvgIpc) is 2.77. The van der Waals surface area contributed by atoms with E-state index in [0.717, 1.165) is 29.2 Å². The van der Waals surface area contributed by atoms with Crippen LogP contribution in [0.3, 0.4) is 0 Å². The van der Waals surface area contributed by atoms with Gasteiger partial charge in [-0.1, -0.05) is 18.5 Å². The van der Waals surface area contributed by atoms with Crippen LogP contribution in [0.15, 0.2) is 17.6 Å². The number of nitrogen functional groups attached to an aromatic ring is 1. The number of anilines is 1. The summed E-state index contributed by atoms with van der Waals surface area (Å²) >= 11 is 7.66. The average molecular weight is 297 g/mol. The first-order valence-electron chi connectivity index (χ1n) is 6.15. The molecule has 19 heavy (non-hydrogen) atoms. The van der Waals surface area contributed by atoms with Gasteiger partial charge in [-0.2, -0.15) is 0 Å². The number of nitrogens with zero attached hydrogens (tertiary/aromatic N) is 2. The van der Waals surface area contributed by atoms with Gasteiger partial charge in [-0.25, -0.2) is 9.97 Å². The predicted octanol–water partition coefficient (Wildman–Crippen LogP) is 2.98. The number of nitrogens with two attached hydrogens (primary N) is 1. The molecule has 1 atom stereocenters. The molecule has 102 valence electrons. The first-order valence-corrected chi connectivity index (χ1v) is 7.41. The molecule has 0 saturated carbocycles. The number of aromatic nitrogens is 2. The van der Waals surface area contributed by atoms with Crippen molar-refractivity contribution in [2.24, 2.45) is 0 Å². The SMILES string of the molecule is CCNC(Cc1csc(C)n1)c1cc(Cl)cnc1N. The Morgan fingerprint density at radius 3 is 2.95 bits per heavy atom. The van der Waals surface area contributed by atoms with E-state index in [9.17, 15) is 0 Å². The Labute approximate surface area is 122 Å². The van der Waals surface area contributed by atoms with Gasteiger partial charge in [0.15, 0.2) is 0 Å². The minimum atomic E-state index is 0.0812. The molecular formula is C13H17ClN4S. The van der Waals surface area contributed by atoms with Gasteiger partial charge in [0.1, 0.15) is 5.82 Å². The molecule has 0 spiro atoms. The lowest BCUT2D eigenvalue weighted by Gasteiger charge is -2.18. The Kier molecular flexibility index (Phi) is 4.74. The third kappa shape index (κ3) is 3.65. The second kappa shape index (κ2) is 6.32. The van der Waals surface area contributed by atoms with Crippen LogP contribution in [0.25, 0.3) is 0 Å². The number of hydrogen-bond donors (Lipinski definition) is 2. The Bertz CT molecular complexity index is 555.